The lowest BCUT2D eigenvalue weighted by molar-refractivity contribution is 0.0878. The monoisotopic (exact) mass is 263 g/mol. The lowest BCUT2D eigenvalue weighted by Gasteiger charge is -2.33. The molecule has 104 valence electrons. The van der Waals surface area contributed by atoms with Gasteiger partial charge < -0.3 is 0 Å². The van der Waals surface area contributed by atoms with Crippen LogP contribution in [-0.2, 0) is 0 Å². The Hall–Kier alpha value is -1.22. The summed E-state index contributed by atoms with van der Waals surface area (Å²) >= 11 is 0. The van der Waals surface area contributed by atoms with Crippen LogP contribution in [0.3, 0.4) is 0 Å². The van der Waals surface area contributed by atoms with E-state index < -0.39 is 5.82 Å². The van der Waals surface area contributed by atoms with Crippen molar-refractivity contribution < 1.29 is 9.18 Å². The van der Waals surface area contributed by atoms with Gasteiger partial charge in [-0.25, -0.2) is 4.39 Å². The molecule has 0 aromatic heterocycles. The molecule has 1 saturated carbocycles. The Bertz CT molecular complexity index is 446. The first kappa shape index (κ1) is 14.2. The van der Waals surface area contributed by atoms with Crippen LogP contribution in [-0.4, -0.2) is 30.3 Å². The Morgan fingerprint density at radius 3 is 2.79 bits per heavy atom. The zero-order chi connectivity index (χ0) is 13.8. The second kappa shape index (κ2) is 6.29. The van der Waals surface area contributed by atoms with Crippen LogP contribution in [0.15, 0.2) is 24.3 Å². The summed E-state index contributed by atoms with van der Waals surface area (Å²) in [7, 11) is 1.97. The van der Waals surface area contributed by atoms with Crippen molar-refractivity contribution in [2.24, 2.45) is 5.92 Å². The summed E-state index contributed by atoms with van der Waals surface area (Å²) in [6, 6.07) is 6.68. The number of carbonyl (C=O) groups is 1. The third-order valence-electron chi connectivity index (χ3n) is 4.10. The molecule has 19 heavy (non-hydrogen) atoms. The Balaban J connectivity index is 1.97. The second-order valence-electron chi connectivity index (χ2n) is 5.74. The van der Waals surface area contributed by atoms with E-state index in [2.05, 4.69) is 11.8 Å². The molecule has 0 radical (unpaired) electrons. The number of likely N-dealkylation sites (N-methyl/N-ethyl adjacent to an activating group) is 1. The van der Waals surface area contributed by atoms with Crippen molar-refractivity contribution in [3.05, 3.63) is 35.6 Å². The van der Waals surface area contributed by atoms with E-state index in [1.54, 1.807) is 18.2 Å². The third kappa shape index (κ3) is 3.63. The van der Waals surface area contributed by atoms with E-state index in [1.165, 1.54) is 18.9 Å². The van der Waals surface area contributed by atoms with Crippen LogP contribution >= 0.6 is 0 Å². The van der Waals surface area contributed by atoms with Gasteiger partial charge in [-0.3, -0.25) is 9.69 Å². The summed E-state index contributed by atoms with van der Waals surface area (Å²) < 4.78 is 13.6. The maximum Gasteiger partial charge on any atom is 0.179 e. The van der Waals surface area contributed by atoms with Crippen molar-refractivity contribution >= 4 is 5.78 Å². The number of ketones is 1. The maximum atomic E-state index is 13.6. The molecule has 2 unspecified atom stereocenters. The molecule has 3 heteroatoms. The normalized spacial score (nSPS) is 23.6. The second-order valence-corrected chi connectivity index (χ2v) is 5.74. The highest BCUT2D eigenvalue weighted by atomic mass is 19.1. The van der Waals surface area contributed by atoms with Crippen molar-refractivity contribution in [3.8, 4) is 0 Å². The summed E-state index contributed by atoms with van der Waals surface area (Å²) in [6.45, 7) is 2.57. The molecular formula is C16H22FNO. The molecule has 0 bridgehead atoms. The zero-order valence-electron chi connectivity index (χ0n) is 11.7. The van der Waals surface area contributed by atoms with Gasteiger partial charge in [0.15, 0.2) is 5.78 Å². The van der Waals surface area contributed by atoms with Gasteiger partial charge in [0.25, 0.3) is 0 Å². The van der Waals surface area contributed by atoms with Gasteiger partial charge in [0.1, 0.15) is 5.82 Å². The molecule has 2 atom stereocenters. The fraction of sp³-hybridized carbons (Fsp3) is 0.562. The highest BCUT2D eigenvalue weighted by molar-refractivity contribution is 5.97. The Labute approximate surface area is 114 Å². The van der Waals surface area contributed by atoms with Gasteiger partial charge in [-0.1, -0.05) is 31.9 Å². The van der Waals surface area contributed by atoms with E-state index in [1.807, 2.05) is 7.05 Å². The average Bonchev–Trinajstić information content (AvgIpc) is 2.39. The van der Waals surface area contributed by atoms with Crippen molar-refractivity contribution in [1.82, 2.24) is 4.90 Å². The molecule has 0 amide bonds. The molecule has 2 nitrogen and oxygen atoms in total. The Kier molecular flexibility index (Phi) is 4.70. The fourth-order valence-corrected chi connectivity index (χ4v) is 2.93. The minimum Gasteiger partial charge on any atom is -0.296 e. The number of carbonyl (C=O) groups excluding carboxylic acids is 1. The molecule has 0 aliphatic heterocycles. The minimum atomic E-state index is -0.419. The topological polar surface area (TPSA) is 20.3 Å². The number of hydrogen-bond donors (Lipinski definition) is 0. The molecule has 0 spiro atoms. The van der Waals surface area contributed by atoms with Crippen LogP contribution in [0.4, 0.5) is 4.39 Å². The quantitative estimate of drug-likeness (QED) is 0.775. The molecule has 1 aromatic rings. The van der Waals surface area contributed by atoms with Gasteiger partial charge in [-0.2, -0.15) is 0 Å². The minimum absolute atomic E-state index is 0.126. The van der Waals surface area contributed by atoms with Crippen LogP contribution in [0.25, 0.3) is 0 Å². The predicted octanol–water partition coefficient (Wildman–Crippen LogP) is 3.52. The van der Waals surface area contributed by atoms with Crippen molar-refractivity contribution in [2.45, 2.75) is 38.6 Å². The Morgan fingerprint density at radius 2 is 2.11 bits per heavy atom. The van der Waals surface area contributed by atoms with E-state index in [0.29, 0.717) is 12.6 Å². The molecule has 1 aliphatic rings. The smallest absolute Gasteiger partial charge is 0.179 e. The van der Waals surface area contributed by atoms with E-state index in [0.717, 1.165) is 18.8 Å². The van der Waals surface area contributed by atoms with Crippen LogP contribution in [0.1, 0.15) is 43.0 Å². The number of nitrogens with zero attached hydrogens (tertiary/aromatic N) is 1. The summed E-state index contributed by atoms with van der Waals surface area (Å²) in [6.07, 6.45) is 4.79. The van der Waals surface area contributed by atoms with Crippen LogP contribution in [0, 0.1) is 11.7 Å². The molecule has 0 N–H and O–H groups in total. The standard InChI is InChI=1S/C16H22FNO/c1-12-6-5-7-13(10-12)18(2)11-16(19)14-8-3-4-9-15(14)17/h3-4,8-9,12-13H,5-7,10-11H2,1-2H3. The van der Waals surface area contributed by atoms with Gasteiger partial charge >= 0.3 is 0 Å². The molecule has 1 fully saturated rings. The average molecular weight is 263 g/mol. The molecule has 1 aromatic carbocycles. The maximum absolute atomic E-state index is 13.6. The fourth-order valence-electron chi connectivity index (χ4n) is 2.93. The lowest BCUT2D eigenvalue weighted by atomic mass is 9.86. The third-order valence-corrected chi connectivity index (χ3v) is 4.10. The molecule has 0 saturated heterocycles. The van der Waals surface area contributed by atoms with Gasteiger partial charge in [0.2, 0.25) is 0 Å². The largest absolute Gasteiger partial charge is 0.296 e. The van der Waals surface area contributed by atoms with Crippen molar-refractivity contribution in [3.63, 3.8) is 0 Å². The molecule has 0 heterocycles. The predicted molar refractivity (Wildman–Crippen MR) is 74.8 cm³/mol. The first-order chi connectivity index (χ1) is 9.08. The van der Waals surface area contributed by atoms with E-state index in [-0.39, 0.29) is 11.3 Å². The van der Waals surface area contributed by atoms with Gasteiger partial charge in [0, 0.05) is 6.04 Å². The summed E-state index contributed by atoms with van der Waals surface area (Å²) in [4.78, 5) is 14.2. The first-order valence-corrected chi connectivity index (χ1v) is 7.06. The van der Waals surface area contributed by atoms with E-state index in [9.17, 15) is 9.18 Å². The van der Waals surface area contributed by atoms with E-state index in [4.69, 9.17) is 0 Å². The Morgan fingerprint density at radius 1 is 1.37 bits per heavy atom. The van der Waals surface area contributed by atoms with Gasteiger partial charge in [-0.15, -0.1) is 0 Å². The molecule has 1 aliphatic carbocycles. The van der Waals surface area contributed by atoms with Gasteiger partial charge in [-0.05, 0) is 37.9 Å². The number of benzene rings is 1. The van der Waals surface area contributed by atoms with E-state index >= 15 is 0 Å². The lowest BCUT2D eigenvalue weighted by Crippen LogP contribution is -2.38. The van der Waals surface area contributed by atoms with Crippen LogP contribution in [0.2, 0.25) is 0 Å². The highest BCUT2D eigenvalue weighted by Gasteiger charge is 2.24. The summed E-state index contributed by atoms with van der Waals surface area (Å²) in [5, 5.41) is 0. The van der Waals surface area contributed by atoms with Gasteiger partial charge in [0.05, 0.1) is 12.1 Å². The number of Topliss-reactive ketones (excluding diaryl/α,β-unsaturated/α-hetero) is 1. The van der Waals surface area contributed by atoms with Crippen LogP contribution < -0.4 is 0 Å². The van der Waals surface area contributed by atoms with Crippen LogP contribution in [0.5, 0.6) is 0 Å². The first-order valence-electron chi connectivity index (χ1n) is 7.06. The van der Waals surface area contributed by atoms with Crippen molar-refractivity contribution in [2.75, 3.05) is 13.6 Å². The SMILES string of the molecule is CC1CCCC(N(C)CC(=O)c2ccccc2F)C1. The number of hydrogen-bond acceptors (Lipinski definition) is 2. The number of rotatable bonds is 4. The molecular weight excluding hydrogens is 241 g/mol. The summed E-state index contributed by atoms with van der Waals surface area (Å²) in [5.41, 5.74) is 0.207. The zero-order valence-corrected chi connectivity index (χ0v) is 11.7. The highest BCUT2D eigenvalue weighted by Crippen LogP contribution is 2.26. The van der Waals surface area contributed by atoms with Crippen molar-refractivity contribution in [1.29, 1.82) is 0 Å². The molecule has 2 rings (SSSR count). The number of halogens is 1. The summed E-state index contributed by atoms with van der Waals surface area (Å²) in [5.74, 6) is 0.182.